The van der Waals surface area contributed by atoms with E-state index in [0.717, 1.165) is 46.5 Å². The molecule has 0 amide bonds. The fourth-order valence-corrected chi connectivity index (χ4v) is 4.48. The molecule has 176 valence electrons. The molecule has 0 fully saturated rings. The topological polar surface area (TPSA) is 94.3 Å². The van der Waals surface area contributed by atoms with Crippen molar-refractivity contribution in [2.75, 3.05) is 0 Å². The van der Waals surface area contributed by atoms with E-state index in [9.17, 15) is 4.79 Å². The maximum absolute atomic E-state index is 13.5. The quantitative estimate of drug-likeness (QED) is 0.370. The Balaban J connectivity index is 1.45. The summed E-state index contributed by atoms with van der Waals surface area (Å²) in [6, 6.07) is 22.3. The lowest BCUT2D eigenvalue weighted by Crippen LogP contribution is -2.26. The number of tetrazole rings is 1. The van der Waals surface area contributed by atoms with E-state index >= 15 is 0 Å². The van der Waals surface area contributed by atoms with E-state index in [2.05, 4.69) is 75.9 Å². The van der Waals surface area contributed by atoms with Gasteiger partial charge in [-0.25, -0.2) is 9.89 Å². The normalized spacial score (nSPS) is 11.1. The number of nitrogens with zero attached hydrogens (tertiary/aromatic N) is 6. The summed E-state index contributed by atoms with van der Waals surface area (Å²) in [5.41, 5.74) is 7.00. The van der Waals surface area contributed by atoms with Crippen molar-refractivity contribution in [2.45, 2.75) is 39.8 Å². The van der Waals surface area contributed by atoms with Gasteiger partial charge in [0.2, 0.25) is 0 Å². The highest BCUT2D eigenvalue weighted by Crippen LogP contribution is 2.28. The van der Waals surface area contributed by atoms with Gasteiger partial charge in [-0.1, -0.05) is 74.0 Å². The zero-order valence-electron chi connectivity index (χ0n) is 19.8. The van der Waals surface area contributed by atoms with E-state index in [0.29, 0.717) is 24.6 Å². The molecule has 0 spiro atoms. The first-order valence-corrected chi connectivity index (χ1v) is 11.8. The number of aromatic nitrogens is 7. The molecular weight excluding hydrogens is 438 g/mol. The van der Waals surface area contributed by atoms with Crippen LogP contribution in [0.1, 0.15) is 35.9 Å². The second kappa shape index (κ2) is 9.89. The van der Waals surface area contributed by atoms with Gasteiger partial charge in [0.25, 0.3) is 0 Å². The number of aromatic amines is 1. The Morgan fingerprint density at radius 3 is 2.34 bits per heavy atom. The molecule has 3 heterocycles. The van der Waals surface area contributed by atoms with Crippen LogP contribution in [0.15, 0.2) is 77.7 Å². The summed E-state index contributed by atoms with van der Waals surface area (Å²) in [5, 5.41) is 14.1. The maximum Gasteiger partial charge on any atom is 0.329 e. The highest BCUT2D eigenvalue weighted by Gasteiger charge is 2.17. The molecule has 5 rings (SSSR count). The fourth-order valence-electron chi connectivity index (χ4n) is 4.48. The van der Waals surface area contributed by atoms with Crippen LogP contribution >= 0.6 is 0 Å². The van der Waals surface area contributed by atoms with Gasteiger partial charge < -0.3 is 0 Å². The first kappa shape index (κ1) is 22.5. The molecule has 0 aliphatic carbocycles. The number of imidazole rings is 1. The second-order valence-electron chi connectivity index (χ2n) is 8.57. The number of hydrogen-bond donors (Lipinski definition) is 1. The number of pyridine rings is 1. The number of rotatable bonds is 8. The number of H-pyrrole nitrogens is 1. The SMILES string of the molecule is CCCc1c(C)n(Cc2ccccc2)c(=O)n1Cc1ccc(-c2cccnc2-c2nnn[nH]2)cc1. The summed E-state index contributed by atoms with van der Waals surface area (Å²) in [5.74, 6) is 0.524. The average Bonchev–Trinajstić information content (AvgIpc) is 3.51. The minimum atomic E-state index is 0.0336. The summed E-state index contributed by atoms with van der Waals surface area (Å²) in [7, 11) is 0. The Hall–Kier alpha value is -4.33. The molecule has 0 atom stereocenters. The van der Waals surface area contributed by atoms with E-state index in [1.807, 2.05) is 39.5 Å². The molecule has 0 unspecified atom stereocenters. The van der Waals surface area contributed by atoms with Crippen LogP contribution in [0, 0.1) is 6.92 Å². The molecule has 2 aromatic carbocycles. The molecular formula is C27H27N7O. The van der Waals surface area contributed by atoms with E-state index in [-0.39, 0.29) is 5.69 Å². The first-order valence-electron chi connectivity index (χ1n) is 11.8. The number of benzene rings is 2. The van der Waals surface area contributed by atoms with Gasteiger partial charge >= 0.3 is 5.69 Å². The molecule has 35 heavy (non-hydrogen) atoms. The predicted octanol–water partition coefficient (Wildman–Crippen LogP) is 4.25. The predicted molar refractivity (Wildman–Crippen MR) is 135 cm³/mol. The van der Waals surface area contributed by atoms with Crippen molar-refractivity contribution in [3.05, 3.63) is 106 Å². The van der Waals surface area contributed by atoms with Gasteiger partial charge in [0.15, 0.2) is 5.82 Å². The van der Waals surface area contributed by atoms with Crippen LogP contribution < -0.4 is 5.69 Å². The Kier molecular flexibility index (Phi) is 6.34. The lowest BCUT2D eigenvalue weighted by atomic mass is 10.0. The Morgan fingerprint density at radius 2 is 1.63 bits per heavy atom. The molecule has 0 saturated heterocycles. The van der Waals surface area contributed by atoms with Gasteiger partial charge in [0.05, 0.1) is 13.1 Å². The molecule has 0 aliphatic rings. The van der Waals surface area contributed by atoms with Crippen LogP contribution in [0.5, 0.6) is 0 Å². The Labute approximate surface area is 203 Å². The fraction of sp³-hybridized carbons (Fsp3) is 0.222. The Morgan fingerprint density at radius 1 is 0.886 bits per heavy atom. The smallest absolute Gasteiger partial charge is 0.292 e. The number of hydrogen-bond acceptors (Lipinski definition) is 5. The van der Waals surface area contributed by atoms with Gasteiger partial charge in [-0.15, -0.1) is 5.10 Å². The van der Waals surface area contributed by atoms with Crippen LogP contribution in [0.25, 0.3) is 22.6 Å². The van der Waals surface area contributed by atoms with Crippen molar-refractivity contribution in [1.82, 2.24) is 34.7 Å². The van der Waals surface area contributed by atoms with Crippen LogP contribution in [-0.2, 0) is 19.5 Å². The molecule has 8 nitrogen and oxygen atoms in total. The first-order chi connectivity index (χ1) is 17.2. The lowest BCUT2D eigenvalue weighted by Gasteiger charge is -2.10. The summed E-state index contributed by atoms with van der Waals surface area (Å²) in [4.78, 5) is 17.9. The van der Waals surface area contributed by atoms with Crippen molar-refractivity contribution in [3.63, 3.8) is 0 Å². The van der Waals surface area contributed by atoms with Gasteiger partial charge in [-0.3, -0.25) is 14.1 Å². The molecule has 0 bridgehead atoms. The lowest BCUT2D eigenvalue weighted by molar-refractivity contribution is 0.662. The minimum absolute atomic E-state index is 0.0336. The van der Waals surface area contributed by atoms with Crippen LogP contribution in [-0.4, -0.2) is 34.7 Å². The van der Waals surface area contributed by atoms with Crippen molar-refractivity contribution >= 4 is 0 Å². The molecule has 8 heteroatoms. The van der Waals surface area contributed by atoms with Crippen LogP contribution in [0.4, 0.5) is 0 Å². The summed E-state index contributed by atoms with van der Waals surface area (Å²) < 4.78 is 3.81. The molecule has 1 N–H and O–H groups in total. The third kappa shape index (κ3) is 4.55. The van der Waals surface area contributed by atoms with Gasteiger partial charge in [-0.05, 0) is 46.5 Å². The standard InChI is InChI=1S/C27H27N7O/c1-3-8-24-19(2)33(17-20-9-5-4-6-10-20)27(35)34(24)18-21-12-14-22(15-13-21)23-11-7-16-28-25(23)26-29-31-32-30-26/h4-7,9-16H,3,8,17-18H2,1-2H3,(H,29,30,31,32). The maximum atomic E-state index is 13.5. The highest BCUT2D eigenvalue weighted by atomic mass is 16.1. The third-order valence-electron chi connectivity index (χ3n) is 6.26. The van der Waals surface area contributed by atoms with Crippen molar-refractivity contribution in [3.8, 4) is 22.6 Å². The zero-order valence-corrected chi connectivity index (χ0v) is 19.8. The van der Waals surface area contributed by atoms with Crippen LogP contribution in [0.3, 0.4) is 0 Å². The Bertz CT molecular complexity index is 1470. The van der Waals surface area contributed by atoms with Gasteiger partial charge in [0, 0.05) is 23.1 Å². The molecule has 0 saturated carbocycles. The van der Waals surface area contributed by atoms with E-state index in [4.69, 9.17) is 0 Å². The van der Waals surface area contributed by atoms with Crippen molar-refractivity contribution < 1.29 is 0 Å². The van der Waals surface area contributed by atoms with E-state index in [1.165, 1.54) is 0 Å². The minimum Gasteiger partial charge on any atom is -0.292 e. The van der Waals surface area contributed by atoms with E-state index < -0.39 is 0 Å². The van der Waals surface area contributed by atoms with Crippen molar-refractivity contribution in [2.24, 2.45) is 0 Å². The summed E-state index contributed by atoms with van der Waals surface area (Å²) >= 11 is 0. The second-order valence-corrected chi connectivity index (χ2v) is 8.57. The molecule has 0 radical (unpaired) electrons. The summed E-state index contributed by atoms with van der Waals surface area (Å²) in [6.45, 7) is 5.31. The summed E-state index contributed by atoms with van der Waals surface area (Å²) in [6.07, 6.45) is 3.57. The van der Waals surface area contributed by atoms with Crippen molar-refractivity contribution in [1.29, 1.82) is 0 Å². The largest absolute Gasteiger partial charge is 0.329 e. The van der Waals surface area contributed by atoms with Gasteiger partial charge in [0.1, 0.15) is 5.69 Å². The average molecular weight is 466 g/mol. The van der Waals surface area contributed by atoms with Crippen LogP contribution in [0.2, 0.25) is 0 Å². The molecule has 3 aromatic heterocycles. The third-order valence-corrected chi connectivity index (χ3v) is 6.26. The highest BCUT2D eigenvalue weighted by molar-refractivity contribution is 5.77. The monoisotopic (exact) mass is 465 g/mol. The number of nitrogens with one attached hydrogen (secondary N) is 1. The zero-order chi connectivity index (χ0) is 24.2. The molecule has 5 aromatic rings. The molecule has 0 aliphatic heterocycles. The van der Waals surface area contributed by atoms with E-state index in [1.54, 1.807) is 6.20 Å². The van der Waals surface area contributed by atoms with Gasteiger partial charge in [-0.2, -0.15) is 0 Å².